The molecule has 0 nitrogen and oxygen atoms in total. The van der Waals surface area contributed by atoms with Gasteiger partial charge < -0.3 is 0 Å². The normalized spacial score (nSPS) is 23.7. The maximum absolute atomic E-state index is 2.30. The Hall–Kier alpha value is -0.430. The topological polar surface area (TPSA) is 0 Å². The van der Waals surface area contributed by atoms with Crippen molar-refractivity contribution in [3.63, 3.8) is 0 Å². The first kappa shape index (κ1) is 8.18. The Balaban J connectivity index is 2.34. The number of rotatable bonds is 0. The minimum atomic E-state index is 0.741. The van der Waals surface area contributed by atoms with Crippen molar-refractivity contribution in [3.8, 4) is 0 Å². The van der Waals surface area contributed by atoms with Crippen molar-refractivity contribution < 1.29 is 0 Å². The molecule has 0 aromatic heterocycles. The zero-order chi connectivity index (χ0) is 8.55. The lowest BCUT2D eigenvalue weighted by Gasteiger charge is -2.26. The lowest BCUT2D eigenvalue weighted by Crippen LogP contribution is -2.11. The standard InChI is InChI=1S/C11H13S/c1-8-7-10-5-3-4-6-11(10)12-9(8)2/h3-6,8H,7H2,1-2H3. The minimum absolute atomic E-state index is 0.741. The number of thioether (sulfide) groups is 1. The highest BCUT2D eigenvalue weighted by molar-refractivity contribution is 8.02. The van der Waals surface area contributed by atoms with Crippen LogP contribution in [-0.2, 0) is 6.42 Å². The molecule has 0 bridgehead atoms. The molecule has 12 heavy (non-hydrogen) atoms. The molecular weight excluding hydrogens is 164 g/mol. The molecular formula is C11H13S. The van der Waals surface area contributed by atoms with Crippen molar-refractivity contribution >= 4 is 11.8 Å². The molecule has 0 saturated heterocycles. The van der Waals surface area contributed by atoms with E-state index in [9.17, 15) is 0 Å². The highest BCUT2D eigenvalue weighted by Crippen LogP contribution is 2.42. The first-order chi connectivity index (χ1) is 5.77. The fraction of sp³-hybridized carbons (Fsp3) is 0.364. The van der Waals surface area contributed by atoms with Crippen LogP contribution in [0.3, 0.4) is 0 Å². The Kier molecular flexibility index (Phi) is 2.14. The molecule has 0 N–H and O–H groups in total. The summed E-state index contributed by atoms with van der Waals surface area (Å²) in [6.45, 7) is 4.55. The third-order valence-corrected chi connectivity index (χ3v) is 3.81. The van der Waals surface area contributed by atoms with Crippen molar-refractivity contribution in [2.45, 2.75) is 25.2 Å². The van der Waals surface area contributed by atoms with Crippen LogP contribution in [0, 0.1) is 11.2 Å². The van der Waals surface area contributed by atoms with E-state index in [1.807, 2.05) is 11.8 Å². The summed E-state index contributed by atoms with van der Waals surface area (Å²) in [7, 11) is 0. The molecule has 0 spiro atoms. The fourth-order valence-corrected chi connectivity index (χ4v) is 2.58. The summed E-state index contributed by atoms with van der Waals surface area (Å²) in [6.07, 6.45) is 1.22. The van der Waals surface area contributed by atoms with Gasteiger partial charge in [0, 0.05) is 10.1 Å². The van der Waals surface area contributed by atoms with Gasteiger partial charge in [0.25, 0.3) is 0 Å². The molecule has 1 aromatic rings. The molecule has 63 valence electrons. The lowest BCUT2D eigenvalue weighted by atomic mass is 9.98. The zero-order valence-electron chi connectivity index (χ0n) is 7.50. The molecule has 0 fully saturated rings. The van der Waals surface area contributed by atoms with Gasteiger partial charge in [0.2, 0.25) is 0 Å². The fourth-order valence-electron chi connectivity index (χ4n) is 1.52. The van der Waals surface area contributed by atoms with Crippen LogP contribution >= 0.6 is 11.8 Å². The predicted octanol–water partition coefficient (Wildman–Crippen LogP) is 3.52. The Morgan fingerprint density at radius 3 is 2.92 bits per heavy atom. The highest BCUT2D eigenvalue weighted by atomic mass is 32.2. The molecule has 0 amide bonds. The average Bonchev–Trinajstić information content (AvgIpc) is 2.07. The first-order valence-electron chi connectivity index (χ1n) is 4.36. The van der Waals surface area contributed by atoms with Crippen LogP contribution < -0.4 is 0 Å². The van der Waals surface area contributed by atoms with Crippen molar-refractivity contribution in [2.24, 2.45) is 5.92 Å². The second kappa shape index (κ2) is 3.14. The molecule has 1 aromatic carbocycles. The lowest BCUT2D eigenvalue weighted by molar-refractivity contribution is 0.635. The number of hydrogen-bond donors (Lipinski definition) is 0. The maximum atomic E-state index is 2.30. The van der Waals surface area contributed by atoms with E-state index in [-0.39, 0.29) is 0 Å². The van der Waals surface area contributed by atoms with Crippen molar-refractivity contribution in [3.05, 3.63) is 35.1 Å². The van der Waals surface area contributed by atoms with Gasteiger partial charge in [-0.05, 0) is 30.9 Å². The molecule has 1 aliphatic rings. The first-order valence-corrected chi connectivity index (χ1v) is 5.18. The van der Waals surface area contributed by atoms with Crippen LogP contribution in [0.25, 0.3) is 0 Å². The molecule has 1 atom stereocenters. The van der Waals surface area contributed by atoms with Crippen LogP contribution in [0.2, 0.25) is 0 Å². The van der Waals surface area contributed by atoms with Gasteiger partial charge in [0.1, 0.15) is 0 Å². The largest absolute Gasteiger partial charge is 0.118 e. The van der Waals surface area contributed by atoms with Gasteiger partial charge in [0.15, 0.2) is 0 Å². The third-order valence-electron chi connectivity index (χ3n) is 2.46. The van der Waals surface area contributed by atoms with E-state index in [0.717, 1.165) is 5.92 Å². The Bertz CT molecular complexity index is 251. The Morgan fingerprint density at radius 2 is 2.08 bits per heavy atom. The summed E-state index contributed by atoms with van der Waals surface area (Å²) >= 11 is 1.94. The van der Waals surface area contributed by atoms with Gasteiger partial charge in [-0.1, -0.05) is 25.1 Å². The molecule has 1 heterocycles. The van der Waals surface area contributed by atoms with Gasteiger partial charge in [-0.2, -0.15) is 0 Å². The van der Waals surface area contributed by atoms with Gasteiger partial charge in [-0.15, -0.1) is 11.8 Å². The highest BCUT2D eigenvalue weighted by Gasteiger charge is 2.22. The Labute approximate surface area is 78.4 Å². The molecule has 1 unspecified atom stereocenters. The van der Waals surface area contributed by atoms with Gasteiger partial charge in [0.05, 0.1) is 0 Å². The van der Waals surface area contributed by atoms with Crippen LogP contribution in [0.4, 0.5) is 0 Å². The van der Waals surface area contributed by atoms with E-state index in [2.05, 4.69) is 38.1 Å². The second-order valence-corrected chi connectivity index (χ2v) is 4.71. The SMILES string of the molecule is C[C]1Sc2ccccc2CC1C. The van der Waals surface area contributed by atoms with Crippen molar-refractivity contribution in [1.29, 1.82) is 0 Å². The summed E-state index contributed by atoms with van der Waals surface area (Å²) in [5.74, 6) is 0.741. The minimum Gasteiger partial charge on any atom is -0.118 e. The third kappa shape index (κ3) is 1.38. The summed E-state index contributed by atoms with van der Waals surface area (Å²) in [5.41, 5.74) is 1.51. The van der Waals surface area contributed by atoms with E-state index >= 15 is 0 Å². The predicted molar refractivity (Wildman–Crippen MR) is 54.1 cm³/mol. The van der Waals surface area contributed by atoms with E-state index in [4.69, 9.17) is 0 Å². The molecule has 1 aliphatic heterocycles. The monoisotopic (exact) mass is 177 g/mol. The van der Waals surface area contributed by atoms with Gasteiger partial charge in [-0.3, -0.25) is 0 Å². The van der Waals surface area contributed by atoms with Crippen molar-refractivity contribution in [2.75, 3.05) is 0 Å². The van der Waals surface area contributed by atoms with Crippen molar-refractivity contribution in [1.82, 2.24) is 0 Å². The molecule has 1 radical (unpaired) electrons. The van der Waals surface area contributed by atoms with Gasteiger partial charge in [-0.25, -0.2) is 0 Å². The van der Waals surface area contributed by atoms with Crippen LogP contribution in [0.15, 0.2) is 29.2 Å². The van der Waals surface area contributed by atoms with Crippen LogP contribution in [0.1, 0.15) is 19.4 Å². The van der Waals surface area contributed by atoms with E-state index in [0.29, 0.717) is 0 Å². The smallest absolute Gasteiger partial charge is 0.0357 e. The number of benzene rings is 1. The summed E-state index contributed by atoms with van der Waals surface area (Å²) in [6, 6.07) is 8.71. The maximum Gasteiger partial charge on any atom is 0.0357 e. The summed E-state index contributed by atoms with van der Waals surface area (Å²) in [5, 5.41) is 1.55. The summed E-state index contributed by atoms with van der Waals surface area (Å²) < 4.78 is 0. The Morgan fingerprint density at radius 1 is 1.33 bits per heavy atom. The zero-order valence-corrected chi connectivity index (χ0v) is 8.32. The van der Waals surface area contributed by atoms with Gasteiger partial charge >= 0.3 is 0 Å². The quantitative estimate of drug-likeness (QED) is 0.584. The number of fused-ring (bicyclic) bond motifs is 1. The molecule has 0 saturated carbocycles. The molecule has 0 aliphatic carbocycles. The van der Waals surface area contributed by atoms with E-state index in [1.165, 1.54) is 16.9 Å². The van der Waals surface area contributed by atoms with E-state index < -0.39 is 0 Å². The molecule has 2 rings (SSSR count). The molecule has 1 heteroatoms. The average molecular weight is 177 g/mol. The number of hydrogen-bond acceptors (Lipinski definition) is 1. The van der Waals surface area contributed by atoms with Crippen LogP contribution in [-0.4, -0.2) is 0 Å². The summed E-state index contributed by atoms with van der Waals surface area (Å²) in [4.78, 5) is 1.45. The van der Waals surface area contributed by atoms with Crippen LogP contribution in [0.5, 0.6) is 0 Å². The van der Waals surface area contributed by atoms with E-state index in [1.54, 1.807) is 5.25 Å². The second-order valence-electron chi connectivity index (χ2n) is 3.43.